The van der Waals surface area contributed by atoms with E-state index < -0.39 is 52.1 Å². The van der Waals surface area contributed by atoms with Gasteiger partial charge < -0.3 is 19.9 Å². The molecule has 0 bridgehead atoms. The molecule has 0 aromatic carbocycles. The zero-order chi connectivity index (χ0) is 21.5. The van der Waals surface area contributed by atoms with Gasteiger partial charge in [-0.3, -0.25) is 14.2 Å². The SMILES string of the molecule is CC(=O)O[C@@H]1[C@H](OC(C)=O)[C@@H](CS(C)(=O)=O)O[C@H]1n1cnc2c(N)nc(Cl)nc21. The summed E-state index contributed by atoms with van der Waals surface area (Å²) in [7, 11) is -3.52. The summed E-state index contributed by atoms with van der Waals surface area (Å²) in [6.07, 6.45) is -2.24. The van der Waals surface area contributed by atoms with Crippen LogP contribution in [0, 0.1) is 0 Å². The first-order valence-electron chi connectivity index (χ1n) is 8.29. The van der Waals surface area contributed by atoms with E-state index in [-0.39, 0.29) is 22.3 Å². The number of imidazole rings is 1. The number of nitrogen functional groups attached to an aromatic ring is 1. The van der Waals surface area contributed by atoms with E-state index in [1.165, 1.54) is 10.9 Å². The number of aromatic nitrogens is 4. The molecule has 1 aliphatic rings. The maximum Gasteiger partial charge on any atom is 0.303 e. The minimum Gasteiger partial charge on any atom is -0.456 e. The van der Waals surface area contributed by atoms with Gasteiger partial charge in [-0.15, -0.1) is 0 Å². The van der Waals surface area contributed by atoms with Gasteiger partial charge in [0.25, 0.3) is 0 Å². The highest BCUT2D eigenvalue weighted by Gasteiger charge is 2.51. The first-order chi connectivity index (χ1) is 13.5. The molecule has 2 aromatic rings. The first-order valence-corrected chi connectivity index (χ1v) is 10.7. The van der Waals surface area contributed by atoms with Gasteiger partial charge in [-0.25, -0.2) is 13.4 Å². The highest BCUT2D eigenvalue weighted by molar-refractivity contribution is 7.90. The number of ether oxygens (including phenoxy) is 3. The fourth-order valence-electron chi connectivity index (χ4n) is 3.11. The van der Waals surface area contributed by atoms with E-state index in [4.69, 9.17) is 31.5 Å². The zero-order valence-corrected chi connectivity index (χ0v) is 17.2. The van der Waals surface area contributed by atoms with Crippen molar-refractivity contribution in [1.82, 2.24) is 19.5 Å². The van der Waals surface area contributed by atoms with Crippen molar-refractivity contribution in [2.75, 3.05) is 17.7 Å². The molecular formula is C15H18ClN5O7S. The first kappa shape index (κ1) is 21.2. The van der Waals surface area contributed by atoms with Crippen molar-refractivity contribution < 1.29 is 32.2 Å². The van der Waals surface area contributed by atoms with Crippen LogP contribution in [0.5, 0.6) is 0 Å². The van der Waals surface area contributed by atoms with E-state index in [2.05, 4.69) is 15.0 Å². The quantitative estimate of drug-likeness (QED) is 0.478. The Bertz CT molecular complexity index is 1070. The lowest BCUT2D eigenvalue weighted by molar-refractivity contribution is -0.165. The number of hydrogen-bond acceptors (Lipinski definition) is 11. The zero-order valence-electron chi connectivity index (χ0n) is 15.6. The second-order valence-corrected chi connectivity index (χ2v) is 9.03. The van der Waals surface area contributed by atoms with Gasteiger partial charge in [-0.05, 0) is 11.6 Å². The standard InChI is InChI=1S/C15H18ClN5O7S/c1-6(22)26-10-8(4-29(3,24)25)28-14(11(10)27-7(2)23)21-5-18-9-12(17)19-15(16)20-13(9)21/h5,8,10-11,14H,4H2,1-3H3,(H2,17,19,20)/t8-,10-,11-,14-/m1/s1. The van der Waals surface area contributed by atoms with Crippen LogP contribution in [0.4, 0.5) is 5.82 Å². The lowest BCUT2D eigenvalue weighted by Crippen LogP contribution is -2.41. The second kappa shape index (κ2) is 7.72. The van der Waals surface area contributed by atoms with Gasteiger partial charge in [0.1, 0.15) is 21.5 Å². The average molecular weight is 448 g/mol. The van der Waals surface area contributed by atoms with Crippen LogP contribution in [0.2, 0.25) is 5.28 Å². The Morgan fingerprint density at radius 1 is 1.24 bits per heavy atom. The summed E-state index contributed by atoms with van der Waals surface area (Å²) in [5, 5.41) is -0.150. The van der Waals surface area contributed by atoms with Crippen molar-refractivity contribution in [3.05, 3.63) is 11.6 Å². The number of sulfone groups is 1. The minimum atomic E-state index is -3.52. The molecule has 1 saturated heterocycles. The third-order valence-electron chi connectivity index (χ3n) is 4.05. The van der Waals surface area contributed by atoms with Crippen LogP contribution < -0.4 is 5.73 Å². The van der Waals surface area contributed by atoms with E-state index in [9.17, 15) is 18.0 Å². The molecule has 1 aliphatic heterocycles. The normalized spacial score (nSPS) is 24.6. The molecule has 3 heterocycles. The molecule has 2 aromatic heterocycles. The lowest BCUT2D eigenvalue weighted by Gasteiger charge is -2.23. The third-order valence-corrected chi connectivity index (χ3v) is 5.15. The Morgan fingerprint density at radius 2 is 1.86 bits per heavy atom. The van der Waals surface area contributed by atoms with E-state index in [0.717, 1.165) is 20.1 Å². The smallest absolute Gasteiger partial charge is 0.303 e. The molecular weight excluding hydrogens is 430 g/mol. The number of esters is 2. The molecule has 2 N–H and O–H groups in total. The third kappa shape index (κ3) is 4.57. The Labute approximate surface area is 170 Å². The number of carbonyl (C=O) groups is 2. The minimum absolute atomic E-state index is 0.0185. The Morgan fingerprint density at radius 3 is 2.45 bits per heavy atom. The van der Waals surface area contributed by atoms with Crippen LogP contribution in [0.25, 0.3) is 11.2 Å². The van der Waals surface area contributed by atoms with Gasteiger partial charge in [0.15, 0.2) is 29.9 Å². The maximum absolute atomic E-state index is 11.8. The topological polar surface area (TPSA) is 166 Å². The number of nitrogens with two attached hydrogens (primary N) is 1. The van der Waals surface area contributed by atoms with Crippen molar-refractivity contribution >= 4 is 50.4 Å². The number of rotatable bonds is 5. The molecule has 29 heavy (non-hydrogen) atoms. The number of nitrogens with zero attached hydrogens (tertiary/aromatic N) is 4. The van der Waals surface area contributed by atoms with Crippen LogP contribution in [-0.4, -0.2) is 70.2 Å². The van der Waals surface area contributed by atoms with Gasteiger partial charge in [0.2, 0.25) is 5.28 Å². The maximum atomic E-state index is 11.8. The summed E-state index contributed by atoms with van der Waals surface area (Å²) in [6, 6.07) is 0. The molecule has 0 aliphatic carbocycles. The fraction of sp³-hybridized carbons (Fsp3) is 0.533. The predicted octanol–water partition coefficient (Wildman–Crippen LogP) is -0.133. The number of carbonyl (C=O) groups excluding carboxylic acids is 2. The number of halogens is 1. The molecule has 1 fully saturated rings. The van der Waals surface area contributed by atoms with Gasteiger partial charge >= 0.3 is 11.9 Å². The van der Waals surface area contributed by atoms with Crippen molar-refractivity contribution in [2.24, 2.45) is 0 Å². The molecule has 4 atom stereocenters. The molecule has 12 nitrogen and oxygen atoms in total. The van der Waals surface area contributed by atoms with Gasteiger partial charge in [0.05, 0.1) is 12.1 Å². The summed E-state index contributed by atoms with van der Waals surface area (Å²) >= 11 is 5.88. The second-order valence-electron chi connectivity index (χ2n) is 6.51. The number of hydrogen-bond donors (Lipinski definition) is 1. The fourth-order valence-corrected chi connectivity index (χ4v) is 4.15. The van der Waals surface area contributed by atoms with Gasteiger partial charge in [-0.2, -0.15) is 9.97 Å². The Balaban J connectivity index is 2.10. The van der Waals surface area contributed by atoms with Crippen LogP contribution in [-0.2, 0) is 33.6 Å². The summed E-state index contributed by atoms with van der Waals surface area (Å²) in [6.45, 7) is 2.31. The molecule has 158 valence electrons. The molecule has 3 rings (SSSR count). The van der Waals surface area contributed by atoms with Gasteiger partial charge in [-0.1, -0.05) is 0 Å². The van der Waals surface area contributed by atoms with Gasteiger partial charge in [0, 0.05) is 20.1 Å². The molecule has 0 spiro atoms. The number of fused-ring (bicyclic) bond motifs is 1. The highest BCUT2D eigenvalue weighted by atomic mass is 35.5. The van der Waals surface area contributed by atoms with Crippen molar-refractivity contribution in [3.8, 4) is 0 Å². The monoisotopic (exact) mass is 447 g/mol. The molecule has 0 saturated carbocycles. The van der Waals surface area contributed by atoms with Crippen molar-refractivity contribution in [1.29, 1.82) is 0 Å². The highest BCUT2D eigenvalue weighted by Crippen LogP contribution is 2.36. The number of anilines is 1. The average Bonchev–Trinajstić information content (AvgIpc) is 3.09. The van der Waals surface area contributed by atoms with Crippen molar-refractivity contribution in [2.45, 2.75) is 38.4 Å². The largest absolute Gasteiger partial charge is 0.456 e. The summed E-state index contributed by atoms with van der Waals surface area (Å²) in [5.74, 6) is -1.83. The summed E-state index contributed by atoms with van der Waals surface area (Å²) in [4.78, 5) is 35.3. The lowest BCUT2D eigenvalue weighted by atomic mass is 10.1. The molecule has 0 radical (unpaired) electrons. The Hall–Kier alpha value is -2.51. The predicted molar refractivity (Wildman–Crippen MR) is 99.5 cm³/mol. The molecule has 0 amide bonds. The van der Waals surface area contributed by atoms with Crippen LogP contribution in [0.1, 0.15) is 20.1 Å². The molecule has 0 unspecified atom stereocenters. The van der Waals surface area contributed by atoms with E-state index >= 15 is 0 Å². The van der Waals surface area contributed by atoms with E-state index in [0.29, 0.717) is 0 Å². The summed E-state index contributed by atoms with van der Waals surface area (Å²) < 4.78 is 41.5. The Kier molecular flexibility index (Phi) is 5.65. The van der Waals surface area contributed by atoms with Crippen LogP contribution in [0.15, 0.2) is 6.33 Å². The summed E-state index contributed by atoms with van der Waals surface area (Å²) in [5.41, 5.74) is 6.19. The van der Waals surface area contributed by atoms with E-state index in [1.807, 2.05) is 0 Å². The van der Waals surface area contributed by atoms with E-state index in [1.54, 1.807) is 0 Å². The van der Waals surface area contributed by atoms with Crippen LogP contribution in [0.3, 0.4) is 0 Å². The van der Waals surface area contributed by atoms with Crippen LogP contribution >= 0.6 is 11.6 Å². The molecule has 14 heteroatoms. The van der Waals surface area contributed by atoms with Crippen molar-refractivity contribution in [3.63, 3.8) is 0 Å².